The number of benzene rings is 1. The van der Waals surface area contributed by atoms with Crippen molar-refractivity contribution in [2.24, 2.45) is 0 Å². The Balaban J connectivity index is 1.57. The minimum atomic E-state index is -4.12. The molecule has 5 nitrogen and oxygen atoms in total. The number of aromatic nitrogens is 1. The summed E-state index contributed by atoms with van der Waals surface area (Å²) in [5.74, 6) is 5.30. The van der Waals surface area contributed by atoms with Gasteiger partial charge in [-0.05, 0) is 55.3 Å². The van der Waals surface area contributed by atoms with Crippen LogP contribution in [0.3, 0.4) is 0 Å². The summed E-state index contributed by atoms with van der Waals surface area (Å²) >= 11 is 13.7. The number of unbranched alkanes of at least 4 members (excludes halogenated alkanes) is 1. The molecule has 0 radical (unpaired) electrons. The molecule has 1 aromatic carbocycles. The molecule has 0 spiro atoms. The Morgan fingerprint density at radius 2 is 1.91 bits per heavy atom. The molecule has 1 aliphatic heterocycles. The number of sulfone groups is 1. The summed E-state index contributed by atoms with van der Waals surface area (Å²) in [6.45, 7) is 0. The zero-order valence-electron chi connectivity index (χ0n) is 17.6. The Kier molecular flexibility index (Phi) is 7.51. The van der Waals surface area contributed by atoms with Crippen LogP contribution in [-0.4, -0.2) is 28.4 Å². The van der Waals surface area contributed by atoms with Crippen molar-refractivity contribution in [2.45, 2.75) is 34.0 Å². The van der Waals surface area contributed by atoms with Gasteiger partial charge in [-0.15, -0.1) is 11.3 Å². The van der Waals surface area contributed by atoms with E-state index in [2.05, 4.69) is 16.8 Å². The first kappa shape index (κ1) is 25.0. The fourth-order valence-corrected chi connectivity index (χ4v) is 9.20. The number of thioether (sulfide) groups is 1. The second-order valence-corrected chi connectivity index (χ2v) is 13.4. The first-order valence-corrected chi connectivity index (χ1v) is 14.0. The number of thiophene rings is 1. The van der Waals surface area contributed by atoms with E-state index in [-0.39, 0.29) is 10.6 Å². The van der Waals surface area contributed by atoms with Crippen LogP contribution in [0.15, 0.2) is 58.9 Å². The van der Waals surface area contributed by atoms with Gasteiger partial charge in [0.15, 0.2) is 15.0 Å². The molecule has 1 unspecified atom stereocenters. The molecule has 34 heavy (non-hydrogen) atoms. The van der Waals surface area contributed by atoms with Crippen molar-refractivity contribution < 1.29 is 18.0 Å². The Morgan fingerprint density at radius 1 is 1.09 bits per heavy atom. The van der Waals surface area contributed by atoms with E-state index < -0.39 is 31.2 Å². The topological polar surface area (TPSA) is 81.2 Å². The zero-order valence-corrected chi connectivity index (χ0v) is 21.5. The molecule has 3 heterocycles. The maximum atomic E-state index is 13.7. The summed E-state index contributed by atoms with van der Waals surface area (Å²) in [4.78, 5) is 29.9. The number of nitrogens with zero attached hydrogens (tertiary/aromatic N) is 1. The Bertz CT molecular complexity index is 1430. The molecule has 0 N–H and O–H groups in total. The van der Waals surface area contributed by atoms with Crippen molar-refractivity contribution in [3.63, 3.8) is 0 Å². The molecular formula is C24H17Cl2NO4S3. The highest BCUT2D eigenvalue weighted by Crippen LogP contribution is 2.49. The van der Waals surface area contributed by atoms with E-state index in [1.807, 2.05) is 6.07 Å². The summed E-state index contributed by atoms with van der Waals surface area (Å²) in [6, 6.07) is 13.5. The number of Topliss-reactive ketones (excluding diaryl/α,β-unsaturated/α-hetero) is 1. The summed E-state index contributed by atoms with van der Waals surface area (Å²) in [7, 11) is -4.12. The lowest BCUT2D eigenvalue weighted by Gasteiger charge is -2.24. The third-order valence-corrected chi connectivity index (χ3v) is 11.5. The van der Waals surface area contributed by atoms with Gasteiger partial charge in [0.1, 0.15) is 4.21 Å². The van der Waals surface area contributed by atoms with E-state index in [4.69, 9.17) is 23.2 Å². The smallest absolute Gasteiger partial charge is 0.210 e. The van der Waals surface area contributed by atoms with Crippen molar-refractivity contribution >= 4 is 67.0 Å². The van der Waals surface area contributed by atoms with E-state index >= 15 is 0 Å². The fourth-order valence-electron chi connectivity index (χ4n) is 3.51. The Hall–Kier alpha value is -2.15. The molecule has 0 amide bonds. The second kappa shape index (κ2) is 10.2. The highest BCUT2D eigenvalue weighted by molar-refractivity contribution is 8.25. The van der Waals surface area contributed by atoms with Gasteiger partial charge in [0.2, 0.25) is 9.84 Å². The van der Waals surface area contributed by atoms with Crippen LogP contribution >= 0.6 is 46.3 Å². The van der Waals surface area contributed by atoms with Crippen LogP contribution in [0.1, 0.15) is 31.2 Å². The van der Waals surface area contributed by atoms with Crippen molar-refractivity contribution in [3.8, 4) is 22.4 Å². The quantitative estimate of drug-likeness (QED) is 0.212. The number of rotatable bonds is 6. The van der Waals surface area contributed by atoms with Gasteiger partial charge < -0.3 is 0 Å². The molecule has 2 aromatic heterocycles. The van der Waals surface area contributed by atoms with Gasteiger partial charge in [-0.3, -0.25) is 14.6 Å². The molecular weight excluding hydrogens is 533 g/mol. The Labute approximate surface area is 215 Å². The fraction of sp³-hybridized carbons (Fsp3) is 0.208. The van der Waals surface area contributed by atoms with Crippen LogP contribution in [0.5, 0.6) is 0 Å². The SMILES string of the molecule is O=C1CC(=O)C(CCCC#Cc2cc(Cl)ccc2Cl)(S(=O)(=O)c2ccc(-c3ccccn3)s2)S1. The van der Waals surface area contributed by atoms with Crippen LogP contribution in [0.4, 0.5) is 0 Å². The van der Waals surface area contributed by atoms with Crippen LogP contribution < -0.4 is 0 Å². The van der Waals surface area contributed by atoms with Gasteiger partial charge in [-0.1, -0.05) is 52.9 Å². The van der Waals surface area contributed by atoms with Gasteiger partial charge in [0.25, 0.3) is 0 Å². The van der Waals surface area contributed by atoms with Gasteiger partial charge >= 0.3 is 0 Å². The highest BCUT2D eigenvalue weighted by Gasteiger charge is 2.57. The lowest BCUT2D eigenvalue weighted by Crippen LogP contribution is -2.39. The van der Waals surface area contributed by atoms with Crippen molar-refractivity contribution in [3.05, 3.63) is 70.3 Å². The normalized spacial score (nSPS) is 18.1. The van der Waals surface area contributed by atoms with E-state index in [0.717, 1.165) is 11.3 Å². The zero-order chi connectivity index (χ0) is 24.3. The van der Waals surface area contributed by atoms with Crippen LogP contribution in [0.25, 0.3) is 10.6 Å². The van der Waals surface area contributed by atoms with Crippen LogP contribution in [-0.2, 0) is 19.4 Å². The molecule has 1 aliphatic rings. The van der Waals surface area contributed by atoms with Crippen LogP contribution in [0.2, 0.25) is 10.0 Å². The summed E-state index contributed by atoms with van der Waals surface area (Å²) in [6.07, 6.45) is 1.85. The molecule has 1 saturated heterocycles. The lowest BCUT2D eigenvalue weighted by molar-refractivity contribution is -0.122. The van der Waals surface area contributed by atoms with Crippen LogP contribution in [0, 0.1) is 11.8 Å². The number of carbonyl (C=O) groups is 2. The third kappa shape index (κ3) is 4.95. The molecule has 3 aromatic rings. The number of hydrogen-bond acceptors (Lipinski definition) is 7. The van der Waals surface area contributed by atoms with E-state index in [1.165, 1.54) is 6.07 Å². The Morgan fingerprint density at radius 3 is 2.62 bits per heavy atom. The third-order valence-electron chi connectivity index (χ3n) is 5.17. The summed E-state index contributed by atoms with van der Waals surface area (Å²) in [5.41, 5.74) is 1.21. The predicted molar refractivity (Wildman–Crippen MR) is 137 cm³/mol. The predicted octanol–water partition coefficient (Wildman–Crippen LogP) is 6.04. The number of pyridine rings is 1. The van der Waals surface area contributed by atoms with Crippen molar-refractivity contribution in [1.82, 2.24) is 4.98 Å². The summed E-state index contributed by atoms with van der Waals surface area (Å²) in [5, 5.41) is 0.530. The molecule has 174 valence electrons. The maximum Gasteiger partial charge on any atom is 0.210 e. The maximum absolute atomic E-state index is 13.7. The van der Waals surface area contributed by atoms with E-state index in [1.54, 1.807) is 42.6 Å². The summed E-state index contributed by atoms with van der Waals surface area (Å²) < 4.78 is 25.5. The minimum absolute atomic E-state index is 0.0145. The molecule has 4 rings (SSSR count). The number of hydrogen-bond donors (Lipinski definition) is 0. The molecule has 0 bridgehead atoms. The van der Waals surface area contributed by atoms with Gasteiger partial charge in [0, 0.05) is 23.2 Å². The first-order chi connectivity index (χ1) is 16.2. The molecule has 1 fully saturated rings. The van der Waals surface area contributed by atoms with Gasteiger partial charge in [-0.2, -0.15) is 0 Å². The monoisotopic (exact) mass is 549 g/mol. The van der Waals surface area contributed by atoms with Gasteiger partial charge in [-0.25, -0.2) is 8.42 Å². The number of carbonyl (C=O) groups excluding carboxylic acids is 2. The average molecular weight is 551 g/mol. The number of ketones is 1. The standard InChI is InChI=1S/C24H17Cl2NO4S3/c25-17-8-9-18(26)16(14-17)6-2-1-4-12-24(21(28)15-22(29)33-24)34(30,31)23-11-10-20(32-23)19-7-3-5-13-27-19/h3,5,7-11,13-14H,1,4,12,15H2. The second-order valence-electron chi connectivity index (χ2n) is 7.44. The van der Waals surface area contributed by atoms with Crippen molar-refractivity contribution in [2.75, 3.05) is 0 Å². The first-order valence-electron chi connectivity index (χ1n) is 10.2. The molecule has 0 aliphatic carbocycles. The average Bonchev–Trinajstić information content (AvgIpc) is 3.42. The van der Waals surface area contributed by atoms with E-state index in [0.29, 0.717) is 50.8 Å². The number of halogens is 2. The van der Waals surface area contributed by atoms with E-state index in [9.17, 15) is 18.0 Å². The minimum Gasteiger partial charge on any atom is -0.296 e. The lowest BCUT2D eigenvalue weighted by atomic mass is 10.1. The van der Waals surface area contributed by atoms with Crippen molar-refractivity contribution in [1.29, 1.82) is 0 Å². The molecule has 0 saturated carbocycles. The van der Waals surface area contributed by atoms with Gasteiger partial charge in [0.05, 0.1) is 22.0 Å². The largest absolute Gasteiger partial charge is 0.296 e. The molecule has 1 atom stereocenters. The molecule has 10 heteroatoms. The highest BCUT2D eigenvalue weighted by atomic mass is 35.5.